The first-order valence-electron chi connectivity index (χ1n) is 9.83. The zero-order valence-corrected chi connectivity index (χ0v) is 17.4. The molecular weight excluding hydrogens is 388 g/mol. The van der Waals surface area contributed by atoms with Crippen molar-refractivity contribution in [3.63, 3.8) is 0 Å². The van der Waals surface area contributed by atoms with Crippen molar-refractivity contribution in [2.24, 2.45) is 0 Å². The van der Waals surface area contributed by atoms with Crippen molar-refractivity contribution in [1.82, 2.24) is 10.2 Å². The van der Waals surface area contributed by atoms with Gasteiger partial charge in [0.2, 0.25) is 12.5 Å². The number of carbonyl (C=O) groups is 1. The molecule has 0 fully saturated rings. The Morgan fingerprint density at radius 2 is 1.80 bits per heavy atom. The lowest BCUT2D eigenvalue weighted by Gasteiger charge is -2.29. The molecule has 0 radical (unpaired) electrons. The van der Waals surface area contributed by atoms with E-state index < -0.39 is 0 Å². The summed E-state index contributed by atoms with van der Waals surface area (Å²) in [6.45, 7) is 2.10. The number of likely N-dealkylation sites (N-methyl/N-ethyl adjacent to an activating group) is 1. The first kappa shape index (κ1) is 20.2. The molecule has 2 aliphatic rings. The number of fused-ring (bicyclic) bond motifs is 2. The van der Waals surface area contributed by atoms with Gasteiger partial charge in [0.25, 0.3) is 5.91 Å². The third-order valence-electron chi connectivity index (χ3n) is 5.36. The van der Waals surface area contributed by atoms with E-state index in [-0.39, 0.29) is 19.3 Å². The number of amides is 1. The zero-order chi connectivity index (χ0) is 21.1. The van der Waals surface area contributed by atoms with Crippen LogP contribution in [0.15, 0.2) is 24.3 Å². The lowest BCUT2D eigenvalue weighted by atomic mass is 9.92. The summed E-state index contributed by atoms with van der Waals surface area (Å²) in [7, 11) is 5.32. The van der Waals surface area contributed by atoms with E-state index >= 15 is 0 Å². The van der Waals surface area contributed by atoms with Crippen LogP contribution >= 0.6 is 0 Å². The summed E-state index contributed by atoms with van der Waals surface area (Å²) in [5.41, 5.74) is 3.20. The fourth-order valence-electron chi connectivity index (χ4n) is 3.85. The van der Waals surface area contributed by atoms with Gasteiger partial charge in [-0.2, -0.15) is 0 Å². The Morgan fingerprint density at radius 1 is 1.07 bits per heavy atom. The smallest absolute Gasteiger partial charge is 0.258 e. The minimum atomic E-state index is -0.212. The molecule has 0 saturated carbocycles. The number of rotatable bonds is 7. The van der Waals surface area contributed by atoms with Crippen LogP contribution in [0.25, 0.3) is 0 Å². The number of hydrogen-bond acceptors (Lipinski definition) is 7. The molecule has 1 N–H and O–H groups in total. The fourth-order valence-corrected chi connectivity index (χ4v) is 3.85. The van der Waals surface area contributed by atoms with Gasteiger partial charge in [0, 0.05) is 30.8 Å². The number of nitrogens with one attached hydrogen (secondary N) is 1. The third-order valence-corrected chi connectivity index (χ3v) is 5.36. The van der Waals surface area contributed by atoms with Gasteiger partial charge in [0.15, 0.2) is 18.1 Å². The molecule has 160 valence electrons. The Balaban J connectivity index is 1.47. The standard InChI is InChI=1S/C22H26N2O6/c1-24-9-8-16-17(21-22(30-13-29-21)20(27-3)18(16)11-24)10-23-19(25)12-28-15-6-4-14(26-2)5-7-15/h4-7H,8-13H2,1-3H3,(H,23,25). The molecule has 0 atom stereocenters. The Labute approximate surface area is 175 Å². The number of carbonyl (C=O) groups excluding carboxylic acids is 1. The molecule has 30 heavy (non-hydrogen) atoms. The van der Waals surface area contributed by atoms with Crippen LogP contribution in [0.3, 0.4) is 0 Å². The third kappa shape index (κ3) is 3.95. The van der Waals surface area contributed by atoms with Gasteiger partial charge in [0.05, 0.1) is 14.2 Å². The molecule has 2 heterocycles. The van der Waals surface area contributed by atoms with Crippen LogP contribution in [0, 0.1) is 0 Å². The quantitative estimate of drug-likeness (QED) is 0.744. The zero-order valence-electron chi connectivity index (χ0n) is 17.4. The molecule has 0 unspecified atom stereocenters. The molecule has 2 aromatic carbocycles. The molecule has 0 saturated heterocycles. The highest BCUT2D eigenvalue weighted by atomic mass is 16.7. The van der Waals surface area contributed by atoms with Crippen LogP contribution in [0.2, 0.25) is 0 Å². The molecule has 0 aliphatic carbocycles. The lowest BCUT2D eigenvalue weighted by Crippen LogP contribution is -2.31. The predicted molar refractivity (Wildman–Crippen MR) is 109 cm³/mol. The minimum Gasteiger partial charge on any atom is -0.497 e. The van der Waals surface area contributed by atoms with E-state index in [4.69, 9.17) is 23.7 Å². The second-order valence-electron chi connectivity index (χ2n) is 7.26. The number of nitrogens with zero attached hydrogens (tertiary/aromatic N) is 1. The van der Waals surface area contributed by atoms with Crippen LogP contribution in [0.4, 0.5) is 0 Å². The van der Waals surface area contributed by atoms with E-state index in [0.29, 0.717) is 23.8 Å². The highest BCUT2D eigenvalue weighted by Crippen LogP contribution is 2.49. The summed E-state index contributed by atoms with van der Waals surface area (Å²) < 4.78 is 27.7. The Bertz CT molecular complexity index is 928. The minimum absolute atomic E-state index is 0.0764. The summed E-state index contributed by atoms with van der Waals surface area (Å²) in [5, 5.41) is 2.94. The molecule has 4 rings (SSSR count). The summed E-state index contributed by atoms with van der Waals surface area (Å²) in [4.78, 5) is 14.6. The van der Waals surface area contributed by atoms with Gasteiger partial charge in [-0.3, -0.25) is 4.79 Å². The molecule has 0 aromatic heterocycles. The molecule has 0 spiro atoms. The van der Waals surface area contributed by atoms with Crippen LogP contribution in [-0.4, -0.2) is 52.0 Å². The van der Waals surface area contributed by atoms with Crippen LogP contribution in [0.5, 0.6) is 28.7 Å². The molecule has 1 amide bonds. The average molecular weight is 414 g/mol. The van der Waals surface area contributed by atoms with Crippen molar-refractivity contribution in [2.75, 3.05) is 41.2 Å². The predicted octanol–water partition coefficient (Wildman–Crippen LogP) is 2.12. The second-order valence-corrected chi connectivity index (χ2v) is 7.26. The first-order valence-corrected chi connectivity index (χ1v) is 9.83. The number of benzene rings is 2. The molecule has 8 nitrogen and oxygen atoms in total. The second kappa shape index (κ2) is 8.71. The average Bonchev–Trinajstić information content (AvgIpc) is 3.25. The number of hydrogen-bond donors (Lipinski definition) is 1. The van der Waals surface area contributed by atoms with Crippen LogP contribution < -0.4 is 29.0 Å². The van der Waals surface area contributed by atoms with Crippen molar-refractivity contribution in [3.05, 3.63) is 41.0 Å². The topological polar surface area (TPSA) is 78.5 Å². The Morgan fingerprint density at radius 3 is 2.53 bits per heavy atom. The molecular formula is C22H26N2O6. The molecule has 2 aliphatic heterocycles. The maximum Gasteiger partial charge on any atom is 0.258 e. The van der Waals surface area contributed by atoms with Crippen molar-refractivity contribution >= 4 is 5.91 Å². The van der Waals surface area contributed by atoms with Crippen molar-refractivity contribution in [2.45, 2.75) is 19.5 Å². The van der Waals surface area contributed by atoms with E-state index in [9.17, 15) is 4.79 Å². The van der Waals surface area contributed by atoms with Crippen LogP contribution in [-0.2, 0) is 24.3 Å². The Kier molecular flexibility index (Phi) is 5.85. The van der Waals surface area contributed by atoms with E-state index in [1.807, 2.05) is 0 Å². The van der Waals surface area contributed by atoms with Crippen LogP contribution in [0.1, 0.15) is 16.7 Å². The maximum absolute atomic E-state index is 12.4. The van der Waals surface area contributed by atoms with E-state index in [1.165, 1.54) is 0 Å². The van der Waals surface area contributed by atoms with Gasteiger partial charge in [0.1, 0.15) is 11.5 Å². The largest absolute Gasteiger partial charge is 0.497 e. The molecule has 0 bridgehead atoms. The number of methoxy groups -OCH3 is 2. The number of ether oxygens (including phenoxy) is 5. The van der Waals surface area contributed by atoms with Gasteiger partial charge in [-0.1, -0.05) is 0 Å². The van der Waals surface area contributed by atoms with Gasteiger partial charge in [-0.05, 0) is 43.3 Å². The Hall–Kier alpha value is -3.13. The van der Waals surface area contributed by atoms with E-state index in [0.717, 1.165) is 47.7 Å². The van der Waals surface area contributed by atoms with Gasteiger partial charge < -0.3 is 33.9 Å². The summed E-state index contributed by atoms with van der Waals surface area (Å²) in [6, 6.07) is 7.10. The fraction of sp³-hybridized carbons (Fsp3) is 0.409. The highest BCUT2D eigenvalue weighted by molar-refractivity contribution is 5.78. The summed E-state index contributed by atoms with van der Waals surface area (Å²) in [6.07, 6.45) is 0.854. The van der Waals surface area contributed by atoms with Crippen molar-refractivity contribution < 1.29 is 28.5 Å². The summed E-state index contributed by atoms with van der Waals surface area (Å²) in [5.74, 6) is 3.13. The van der Waals surface area contributed by atoms with Gasteiger partial charge in [-0.15, -0.1) is 0 Å². The first-order chi connectivity index (χ1) is 14.6. The summed E-state index contributed by atoms with van der Waals surface area (Å²) >= 11 is 0. The lowest BCUT2D eigenvalue weighted by molar-refractivity contribution is -0.123. The SMILES string of the molecule is COc1ccc(OCC(=O)NCc2c3c(c(OC)c4c2OCO4)CN(C)CC3)cc1. The molecule has 8 heteroatoms. The highest BCUT2D eigenvalue weighted by Gasteiger charge is 2.32. The van der Waals surface area contributed by atoms with Crippen molar-refractivity contribution in [1.29, 1.82) is 0 Å². The maximum atomic E-state index is 12.4. The van der Waals surface area contributed by atoms with E-state index in [2.05, 4.69) is 17.3 Å². The normalized spacial score (nSPS) is 14.8. The van der Waals surface area contributed by atoms with E-state index in [1.54, 1.807) is 38.5 Å². The molecule has 2 aromatic rings. The van der Waals surface area contributed by atoms with Gasteiger partial charge in [-0.25, -0.2) is 0 Å². The van der Waals surface area contributed by atoms with Crippen molar-refractivity contribution in [3.8, 4) is 28.7 Å². The monoisotopic (exact) mass is 414 g/mol. The van der Waals surface area contributed by atoms with Gasteiger partial charge >= 0.3 is 0 Å².